The second-order valence-electron chi connectivity index (χ2n) is 7.05. The van der Waals surface area contributed by atoms with E-state index in [2.05, 4.69) is 5.32 Å². The van der Waals surface area contributed by atoms with E-state index in [1.165, 1.54) is 0 Å². The normalized spacial score (nSPS) is 13.9. The Bertz CT molecular complexity index is 804. The fourth-order valence-corrected chi connectivity index (χ4v) is 3.05. The van der Waals surface area contributed by atoms with Crippen molar-refractivity contribution in [2.24, 2.45) is 5.92 Å². The number of esters is 1. The number of rotatable bonds is 8. The van der Waals surface area contributed by atoms with E-state index in [4.69, 9.17) is 9.47 Å². The lowest BCUT2D eigenvalue weighted by atomic mass is 9.85. The van der Waals surface area contributed by atoms with Crippen LogP contribution in [0.4, 0.5) is 5.69 Å². The maximum absolute atomic E-state index is 12.9. The number of hydrogen-bond acceptors (Lipinski definition) is 4. The highest BCUT2D eigenvalue weighted by atomic mass is 16.5. The van der Waals surface area contributed by atoms with E-state index >= 15 is 0 Å². The van der Waals surface area contributed by atoms with E-state index in [9.17, 15) is 9.59 Å². The van der Waals surface area contributed by atoms with Gasteiger partial charge in [-0.05, 0) is 43.0 Å². The van der Waals surface area contributed by atoms with Gasteiger partial charge in [0.1, 0.15) is 5.75 Å². The van der Waals surface area contributed by atoms with Crippen LogP contribution in [0, 0.1) is 12.8 Å². The van der Waals surface area contributed by atoms with Crippen molar-refractivity contribution in [3.63, 3.8) is 0 Å². The zero-order valence-corrected chi connectivity index (χ0v) is 17.2. The zero-order chi connectivity index (χ0) is 20.7. The molecule has 5 nitrogen and oxygen atoms in total. The van der Waals surface area contributed by atoms with Crippen LogP contribution in [0.5, 0.6) is 5.75 Å². The minimum absolute atomic E-state index is 0.0991. The number of carbonyl (C=O) groups is 2. The predicted octanol–water partition coefficient (Wildman–Crippen LogP) is 4.70. The summed E-state index contributed by atoms with van der Waals surface area (Å²) in [4.78, 5) is 25.4. The SMILES string of the molecule is CC[C@H](C)[C@H](C(=O)O[C@@H](C)C(=O)Nc1cc(C)ccc1OC)c1ccccc1. The largest absolute Gasteiger partial charge is 0.495 e. The summed E-state index contributed by atoms with van der Waals surface area (Å²) in [6, 6.07) is 15.0. The van der Waals surface area contributed by atoms with Gasteiger partial charge in [0.25, 0.3) is 5.91 Å². The number of nitrogens with one attached hydrogen (secondary N) is 1. The Kier molecular flexibility index (Phi) is 7.61. The molecule has 1 N–H and O–H groups in total. The average Bonchev–Trinajstić information content (AvgIpc) is 2.68. The van der Waals surface area contributed by atoms with E-state index in [1.807, 2.05) is 63.2 Å². The fraction of sp³-hybridized carbons (Fsp3) is 0.391. The van der Waals surface area contributed by atoms with E-state index in [-0.39, 0.29) is 11.9 Å². The molecule has 0 aliphatic carbocycles. The van der Waals surface area contributed by atoms with E-state index in [0.29, 0.717) is 11.4 Å². The van der Waals surface area contributed by atoms with Gasteiger partial charge in [-0.15, -0.1) is 0 Å². The van der Waals surface area contributed by atoms with Crippen LogP contribution in [-0.4, -0.2) is 25.1 Å². The second kappa shape index (κ2) is 9.93. The Hall–Kier alpha value is -2.82. The molecule has 2 aromatic carbocycles. The average molecular weight is 383 g/mol. The fourth-order valence-electron chi connectivity index (χ4n) is 3.05. The number of methoxy groups -OCH3 is 1. The first-order chi connectivity index (χ1) is 13.4. The number of anilines is 1. The molecule has 0 heterocycles. The van der Waals surface area contributed by atoms with Crippen LogP contribution in [0.3, 0.4) is 0 Å². The molecule has 5 heteroatoms. The number of aryl methyl sites for hydroxylation is 1. The highest BCUT2D eigenvalue weighted by Crippen LogP contribution is 2.29. The first-order valence-electron chi connectivity index (χ1n) is 9.58. The smallest absolute Gasteiger partial charge is 0.314 e. The molecule has 0 fully saturated rings. The first kappa shape index (κ1) is 21.5. The molecule has 0 radical (unpaired) electrons. The highest BCUT2D eigenvalue weighted by Gasteiger charge is 2.30. The van der Waals surface area contributed by atoms with Crippen molar-refractivity contribution in [3.05, 3.63) is 59.7 Å². The van der Waals surface area contributed by atoms with Gasteiger partial charge in [0.15, 0.2) is 6.10 Å². The van der Waals surface area contributed by atoms with Gasteiger partial charge in [-0.2, -0.15) is 0 Å². The zero-order valence-electron chi connectivity index (χ0n) is 17.2. The molecule has 0 aliphatic heterocycles. The van der Waals surface area contributed by atoms with Crippen molar-refractivity contribution in [2.75, 3.05) is 12.4 Å². The van der Waals surface area contributed by atoms with Crippen LogP contribution in [0.2, 0.25) is 0 Å². The molecule has 0 aromatic heterocycles. The minimum Gasteiger partial charge on any atom is -0.495 e. The van der Waals surface area contributed by atoms with Crippen LogP contribution in [0.25, 0.3) is 0 Å². The van der Waals surface area contributed by atoms with E-state index in [0.717, 1.165) is 17.5 Å². The number of carbonyl (C=O) groups excluding carboxylic acids is 2. The van der Waals surface area contributed by atoms with Gasteiger partial charge in [-0.25, -0.2) is 0 Å². The van der Waals surface area contributed by atoms with Gasteiger partial charge in [-0.3, -0.25) is 9.59 Å². The van der Waals surface area contributed by atoms with Gasteiger partial charge in [-0.1, -0.05) is 56.7 Å². The Balaban J connectivity index is 2.11. The maximum Gasteiger partial charge on any atom is 0.314 e. The molecule has 0 saturated heterocycles. The molecular weight excluding hydrogens is 354 g/mol. The molecule has 2 aromatic rings. The van der Waals surface area contributed by atoms with Crippen molar-refractivity contribution in [1.29, 1.82) is 0 Å². The van der Waals surface area contributed by atoms with Crippen LogP contribution in [-0.2, 0) is 14.3 Å². The van der Waals surface area contributed by atoms with Crippen LogP contribution < -0.4 is 10.1 Å². The van der Waals surface area contributed by atoms with Crippen molar-refractivity contribution in [2.45, 2.75) is 46.1 Å². The molecule has 1 amide bonds. The third kappa shape index (κ3) is 5.35. The minimum atomic E-state index is -0.923. The molecule has 28 heavy (non-hydrogen) atoms. The van der Waals surface area contributed by atoms with Crippen LogP contribution in [0.15, 0.2) is 48.5 Å². The summed E-state index contributed by atoms with van der Waals surface area (Å²) >= 11 is 0. The van der Waals surface area contributed by atoms with Gasteiger partial charge >= 0.3 is 5.97 Å². The standard InChI is InChI=1S/C23H29NO4/c1-6-16(3)21(18-10-8-7-9-11-18)23(26)28-17(4)22(25)24-19-14-15(2)12-13-20(19)27-5/h7-14,16-17,21H,6H2,1-5H3,(H,24,25)/t16-,17-,21-/m0/s1. The lowest BCUT2D eigenvalue weighted by Gasteiger charge is -2.24. The summed E-state index contributed by atoms with van der Waals surface area (Å²) in [6.07, 6.45) is -0.0941. The van der Waals surface area contributed by atoms with Gasteiger partial charge in [0.2, 0.25) is 0 Å². The number of ether oxygens (including phenoxy) is 2. The number of amides is 1. The van der Waals surface area contributed by atoms with Crippen molar-refractivity contribution < 1.29 is 19.1 Å². The molecule has 0 spiro atoms. The molecule has 0 unspecified atom stereocenters. The molecule has 0 aliphatic rings. The van der Waals surface area contributed by atoms with Gasteiger partial charge < -0.3 is 14.8 Å². The molecule has 0 bridgehead atoms. The number of benzene rings is 2. The van der Waals surface area contributed by atoms with Gasteiger partial charge in [0.05, 0.1) is 18.7 Å². The summed E-state index contributed by atoms with van der Waals surface area (Å²) in [5.74, 6) is -0.538. The quantitative estimate of drug-likeness (QED) is 0.671. The van der Waals surface area contributed by atoms with Crippen molar-refractivity contribution >= 4 is 17.6 Å². The Morgan fingerprint density at radius 2 is 1.75 bits per heavy atom. The van der Waals surface area contributed by atoms with Crippen LogP contribution >= 0.6 is 0 Å². The summed E-state index contributed by atoms with van der Waals surface area (Å²) in [7, 11) is 1.54. The molecule has 3 atom stereocenters. The molecule has 2 rings (SSSR count). The summed E-state index contributed by atoms with van der Waals surface area (Å²) in [5.41, 5.74) is 2.44. The lowest BCUT2D eigenvalue weighted by molar-refractivity contribution is -0.155. The van der Waals surface area contributed by atoms with Crippen molar-refractivity contribution in [1.82, 2.24) is 0 Å². The first-order valence-corrected chi connectivity index (χ1v) is 9.58. The molecule has 0 saturated carbocycles. The maximum atomic E-state index is 12.9. The summed E-state index contributed by atoms with van der Waals surface area (Å²) in [6.45, 7) is 7.55. The summed E-state index contributed by atoms with van der Waals surface area (Å²) < 4.78 is 10.8. The topological polar surface area (TPSA) is 64.6 Å². The Morgan fingerprint density at radius 1 is 1.07 bits per heavy atom. The summed E-state index contributed by atoms with van der Waals surface area (Å²) in [5, 5.41) is 2.79. The Morgan fingerprint density at radius 3 is 2.36 bits per heavy atom. The second-order valence-corrected chi connectivity index (χ2v) is 7.05. The third-order valence-corrected chi connectivity index (χ3v) is 4.90. The molecular formula is C23H29NO4. The molecule has 150 valence electrons. The van der Waals surface area contributed by atoms with E-state index < -0.39 is 17.9 Å². The highest BCUT2D eigenvalue weighted by molar-refractivity contribution is 5.96. The van der Waals surface area contributed by atoms with Crippen molar-refractivity contribution in [3.8, 4) is 5.75 Å². The van der Waals surface area contributed by atoms with Crippen LogP contribution in [0.1, 0.15) is 44.2 Å². The predicted molar refractivity (Wildman–Crippen MR) is 111 cm³/mol. The third-order valence-electron chi connectivity index (χ3n) is 4.90. The lowest BCUT2D eigenvalue weighted by Crippen LogP contribution is -2.33. The Labute approximate surface area is 167 Å². The number of hydrogen-bond donors (Lipinski definition) is 1. The van der Waals surface area contributed by atoms with Gasteiger partial charge in [0, 0.05) is 0 Å². The van der Waals surface area contributed by atoms with E-state index in [1.54, 1.807) is 20.1 Å². The monoisotopic (exact) mass is 383 g/mol.